The number of hydrogen-bond acceptors (Lipinski definition) is 3. The maximum absolute atomic E-state index is 5.82. The zero-order valence-corrected chi connectivity index (χ0v) is 8.29. The summed E-state index contributed by atoms with van der Waals surface area (Å²) < 4.78 is 0. The van der Waals surface area contributed by atoms with Gasteiger partial charge >= 0.3 is 0 Å². The highest BCUT2D eigenvalue weighted by atomic mass is 35.5. The summed E-state index contributed by atoms with van der Waals surface area (Å²) in [5.74, 6) is 0.721. The molecule has 0 aliphatic heterocycles. The molecule has 1 aliphatic rings. The standard InChI is InChI=1S/C8H11ClN2S/c9-6-8(1-2-8)11-5-7-10-3-4-12-7/h3-4,11H,1-2,5-6H2. The van der Waals surface area contributed by atoms with Gasteiger partial charge in [-0.2, -0.15) is 0 Å². The minimum absolute atomic E-state index is 0.243. The molecule has 0 saturated heterocycles. The fourth-order valence-corrected chi connectivity index (χ4v) is 2.03. The van der Waals surface area contributed by atoms with Crippen LogP contribution in [-0.4, -0.2) is 16.4 Å². The van der Waals surface area contributed by atoms with Gasteiger partial charge in [-0.05, 0) is 12.8 Å². The van der Waals surface area contributed by atoms with E-state index in [1.807, 2.05) is 11.6 Å². The maximum atomic E-state index is 5.82. The molecule has 0 bridgehead atoms. The van der Waals surface area contributed by atoms with Crippen LogP contribution in [-0.2, 0) is 6.54 Å². The van der Waals surface area contributed by atoms with Crippen molar-refractivity contribution in [3.05, 3.63) is 16.6 Å². The molecule has 1 aliphatic carbocycles. The summed E-state index contributed by atoms with van der Waals surface area (Å²) in [5, 5.41) is 6.58. The fourth-order valence-electron chi connectivity index (χ4n) is 1.11. The third kappa shape index (κ3) is 1.79. The Kier molecular flexibility index (Phi) is 2.35. The Hall–Kier alpha value is -0.120. The maximum Gasteiger partial charge on any atom is 0.106 e. The van der Waals surface area contributed by atoms with Crippen molar-refractivity contribution >= 4 is 22.9 Å². The molecule has 0 radical (unpaired) electrons. The van der Waals surface area contributed by atoms with Crippen LogP contribution in [0.2, 0.25) is 0 Å². The molecule has 0 amide bonds. The summed E-state index contributed by atoms with van der Waals surface area (Å²) in [6.45, 7) is 0.865. The van der Waals surface area contributed by atoms with Gasteiger partial charge in [-0.15, -0.1) is 22.9 Å². The number of nitrogens with one attached hydrogen (secondary N) is 1. The van der Waals surface area contributed by atoms with Gasteiger partial charge in [-0.25, -0.2) is 4.98 Å². The number of nitrogens with zero attached hydrogens (tertiary/aromatic N) is 1. The van der Waals surface area contributed by atoms with Crippen LogP contribution >= 0.6 is 22.9 Å². The Balaban J connectivity index is 1.83. The number of alkyl halides is 1. The Morgan fingerprint density at radius 2 is 2.50 bits per heavy atom. The van der Waals surface area contributed by atoms with E-state index >= 15 is 0 Å². The molecule has 0 spiro atoms. The lowest BCUT2D eigenvalue weighted by atomic mass is 10.3. The van der Waals surface area contributed by atoms with Crippen LogP contribution in [0.25, 0.3) is 0 Å². The monoisotopic (exact) mass is 202 g/mol. The lowest BCUT2D eigenvalue weighted by molar-refractivity contribution is 0.541. The molecule has 0 aromatic carbocycles. The van der Waals surface area contributed by atoms with E-state index in [1.165, 1.54) is 12.8 Å². The second kappa shape index (κ2) is 3.32. The molecule has 66 valence electrons. The van der Waals surface area contributed by atoms with Crippen molar-refractivity contribution in [1.29, 1.82) is 0 Å². The lowest BCUT2D eigenvalue weighted by Gasteiger charge is -2.11. The third-order valence-corrected chi connectivity index (χ3v) is 3.50. The Bertz CT molecular complexity index is 244. The van der Waals surface area contributed by atoms with E-state index in [0.29, 0.717) is 0 Å². The summed E-state index contributed by atoms with van der Waals surface area (Å²) in [6.07, 6.45) is 4.26. The lowest BCUT2D eigenvalue weighted by Crippen LogP contribution is -2.32. The zero-order chi connectivity index (χ0) is 8.44. The van der Waals surface area contributed by atoms with Gasteiger partial charge in [-0.1, -0.05) is 0 Å². The first-order valence-electron chi connectivity index (χ1n) is 4.04. The normalized spacial score (nSPS) is 19.4. The van der Waals surface area contributed by atoms with Crippen LogP contribution in [0.3, 0.4) is 0 Å². The third-order valence-electron chi connectivity index (χ3n) is 2.21. The number of aromatic nitrogens is 1. The predicted molar refractivity (Wildman–Crippen MR) is 51.6 cm³/mol. The van der Waals surface area contributed by atoms with E-state index in [2.05, 4.69) is 10.3 Å². The molecule has 1 fully saturated rings. The van der Waals surface area contributed by atoms with E-state index in [-0.39, 0.29) is 5.54 Å². The van der Waals surface area contributed by atoms with E-state index < -0.39 is 0 Å². The summed E-state index contributed by atoms with van der Waals surface area (Å²) in [4.78, 5) is 4.19. The number of rotatable bonds is 4. The van der Waals surface area contributed by atoms with E-state index in [9.17, 15) is 0 Å². The summed E-state index contributed by atoms with van der Waals surface area (Å²) in [5.41, 5.74) is 0.243. The predicted octanol–water partition coefficient (Wildman–Crippen LogP) is 2.00. The van der Waals surface area contributed by atoms with Crippen molar-refractivity contribution < 1.29 is 0 Å². The molecule has 0 unspecified atom stereocenters. The second-order valence-electron chi connectivity index (χ2n) is 3.19. The molecule has 4 heteroatoms. The van der Waals surface area contributed by atoms with Crippen molar-refractivity contribution in [3.8, 4) is 0 Å². The van der Waals surface area contributed by atoms with Crippen LogP contribution in [0.1, 0.15) is 17.8 Å². The molecular weight excluding hydrogens is 192 g/mol. The molecular formula is C8H11ClN2S. The number of halogens is 1. The van der Waals surface area contributed by atoms with Crippen molar-refractivity contribution in [2.45, 2.75) is 24.9 Å². The van der Waals surface area contributed by atoms with E-state index in [1.54, 1.807) is 11.3 Å². The van der Waals surface area contributed by atoms with Gasteiger partial charge in [0.2, 0.25) is 0 Å². The molecule has 1 heterocycles. The molecule has 2 nitrogen and oxygen atoms in total. The SMILES string of the molecule is ClCC1(NCc2nccs2)CC1. The van der Waals surface area contributed by atoms with Gasteiger partial charge in [-0.3, -0.25) is 0 Å². The van der Waals surface area contributed by atoms with Crippen molar-refractivity contribution in [2.75, 3.05) is 5.88 Å². The number of thiazole rings is 1. The van der Waals surface area contributed by atoms with Gasteiger partial charge in [0.05, 0.1) is 0 Å². The quantitative estimate of drug-likeness (QED) is 0.756. The summed E-state index contributed by atoms with van der Waals surface area (Å²) >= 11 is 7.50. The summed E-state index contributed by atoms with van der Waals surface area (Å²) in [7, 11) is 0. The highest BCUT2D eigenvalue weighted by molar-refractivity contribution is 7.09. The molecule has 1 aromatic rings. The van der Waals surface area contributed by atoms with Crippen molar-refractivity contribution in [3.63, 3.8) is 0 Å². The highest BCUT2D eigenvalue weighted by Gasteiger charge is 2.41. The van der Waals surface area contributed by atoms with Crippen molar-refractivity contribution in [2.24, 2.45) is 0 Å². The van der Waals surface area contributed by atoms with Crippen LogP contribution < -0.4 is 5.32 Å². The van der Waals surface area contributed by atoms with Crippen molar-refractivity contribution in [1.82, 2.24) is 10.3 Å². The zero-order valence-electron chi connectivity index (χ0n) is 6.72. The van der Waals surface area contributed by atoms with Gasteiger partial charge in [0.15, 0.2) is 0 Å². The first-order chi connectivity index (χ1) is 5.85. The molecule has 12 heavy (non-hydrogen) atoms. The van der Waals surface area contributed by atoms with Crippen LogP contribution in [0, 0.1) is 0 Å². The molecule has 1 N–H and O–H groups in total. The van der Waals surface area contributed by atoms with Gasteiger partial charge < -0.3 is 5.32 Å². The van der Waals surface area contributed by atoms with Crippen LogP contribution in [0.4, 0.5) is 0 Å². The van der Waals surface area contributed by atoms with Crippen LogP contribution in [0.5, 0.6) is 0 Å². The number of hydrogen-bond donors (Lipinski definition) is 1. The minimum atomic E-state index is 0.243. The molecule has 1 saturated carbocycles. The topological polar surface area (TPSA) is 24.9 Å². The average Bonchev–Trinajstić information content (AvgIpc) is 2.70. The molecule has 2 rings (SSSR count). The van der Waals surface area contributed by atoms with E-state index in [0.717, 1.165) is 17.4 Å². The van der Waals surface area contributed by atoms with Gasteiger partial charge in [0.25, 0.3) is 0 Å². The summed E-state index contributed by atoms with van der Waals surface area (Å²) in [6, 6.07) is 0. The largest absolute Gasteiger partial charge is 0.304 e. The smallest absolute Gasteiger partial charge is 0.106 e. The first kappa shape index (κ1) is 8.48. The Labute approximate surface area is 81.0 Å². The fraction of sp³-hybridized carbons (Fsp3) is 0.625. The van der Waals surface area contributed by atoms with Crippen LogP contribution in [0.15, 0.2) is 11.6 Å². The average molecular weight is 203 g/mol. The highest BCUT2D eigenvalue weighted by Crippen LogP contribution is 2.36. The van der Waals surface area contributed by atoms with Gasteiger partial charge in [0, 0.05) is 29.5 Å². The second-order valence-corrected chi connectivity index (χ2v) is 4.44. The van der Waals surface area contributed by atoms with E-state index in [4.69, 9.17) is 11.6 Å². The molecule has 0 atom stereocenters. The van der Waals surface area contributed by atoms with Gasteiger partial charge in [0.1, 0.15) is 5.01 Å². The Morgan fingerprint density at radius 1 is 1.67 bits per heavy atom. The Morgan fingerprint density at radius 3 is 3.00 bits per heavy atom. The first-order valence-corrected chi connectivity index (χ1v) is 5.45. The molecule has 1 aromatic heterocycles. The minimum Gasteiger partial charge on any atom is -0.304 e.